The fourth-order valence-corrected chi connectivity index (χ4v) is 4.71. The fourth-order valence-electron chi connectivity index (χ4n) is 4.71. The van der Waals surface area contributed by atoms with Crippen LogP contribution in [-0.2, 0) is 10.2 Å². The van der Waals surface area contributed by atoms with Gasteiger partial charge in [-0.25, -0.2) is 0 Å². The van der Waals surface area contributed by atoms with Crippen molar-refractivity contribution < 1.29 is 24.4 Å². The third-order valence-corrected chi connectivity index (χ3v) is 5.84. The first-order valence-corrected chi connectivity index (χ1v) is 7.93. The van der Waals surface area contributed by atoms with Gasteiger partial charge in [0.1, 0.15) is 6.23 Å². The molecule has 2 bridgehead atoms. The number of hydrogen-bond acceptors (Lipinski definition) is 6. The van der Waals surface area contributed by atoms with E-state index in [1.54, 1.807) is 7.11 Å². The minimum Gasteiger partial charge on any atom is -0.454 e. The summed E-state index contributed by atoms with van der Waals surface area (Å²) in [6.45, 7) is 0.631. The van der Waals surface area contributed by atoms with Gasteiger partial charge < -0.3 is 24.4 Å². The number of fused-ring (bicyclic) bond motifs is 2. The summed E-state index contributed by atoms with van der Waals surface area (Å²) in [5.74, 6) is 1.33. The molecule has 0 amide bonds. The van der Waals surface area contributed by atoms with E-state index >= 15 is 0 Å². The maximum atomic E-state index is 10.8. The number of aliphatic hydroxyl groups is 2. The van der Waals surface area contributed by atoms with Gasteiger partial charge in [-0.15, -0.1) is 0 Å². The maximum absolute atomic E-state index is 10.8. The van der Waals surface area contributed by atoms with Gasteiger partial charge in [0.2, 0.25) is 6.79 Å². The van der Waals surface area contributed by atoms with Crippen molar-refractivity contribution in [3.05, 3.63) is 35.4 Å². The molecule has 6 nitrogen and oxygen atoms in total. The summed E-state index contributed by atoms with van der Waals surface area (Å²) >= 11 is 0. The Morgan fingerprint density at radius 3 is 2.83 bits per heavy atom. The number of methoxy groups -OCH3 is 1. The minimum absolute atomic E-state index is 0.00341. The van der Waals surface area contributed by atoms with Gasteiger partial charge in [-0.1, -0.05) is 12.2 Å². The van der Waals surface area contributed by atoms with Crippen molar-refractivity contribution in [3.8, 4) is 11.5 Å². The molecule has 5 rings (SSSR count). The highest BCUT2D eigenvalue weighted by Gasteiger charge is 2.61. The molecule has 2 unspecified atom stereocenters. The van der Waals surface area contributed by atoms with Crippen LogP contribution in [0.15, 0.2) is 24.3 Å². The third-order valence-electron chi connectivity index (χ3n) is 5.84. The minimum atomic E-state index is -0.751. The standard InChI is InChI=1S/C17H19NO5/c1-21-9-2-3-17-11-6-13-12(22-8-23-13)5-10(11)16(20)18(7-15(17)19)14(17)4-9/h2-3,5-6,9,14-16,19-20H,4,7-8H2,1H3/t9-,14+,15-,16?,17+/m1/s1. The van der Waals surface area contributed by atoms with Crippen molar-refractivity contribution in [1.82, 2.24) is 4.90 Å². The lowest BCUT2D eigenvalue weighted by Crippen LogP contribution is -2.53. The van der Waals surface area contributed by atoms with Crippen molar-refractivity contribution in [2.24, 2.45) is 0 Å². The number of ether oxygens (including phenoxy) is 3. The molecule has 1 aromatic rings. The molecule has 1 fully saturated rings. The first-order valence-electron chi connectivity index (χ1n) is 7.93. The molecule has 6 heteroatoms. The Balaban J connectivity index is 1.75. The van der Waals surface area contributed by atoms with E-state index in [-0.39, 0.29) is 18.9 Å². The number of nitrogens with zero attached hydrogens (tertiary/aromatic N) is 1. The van der Waals surface area contributed by atoms with Crippen LogP contribution in [0, 0.1) is 0 Å². The van der Waals surface area contributed by atoms with Gasteiger partial charge in [0.15, 0.2) is 11.5 Å². The van der Waals surface area contributed by atoms with Gasteiger partial charge in [-0.2, -0.15) is 0 Å². The van der Waals surface area contributed by atoms with E-state index in [1.807, 2.05) is 23.1 Å². The Morgan fingerprint density at radius 1 is 1.26 bits per heavy atom. The Labute approximate surface area is 133 Å². The van der Waals surface area contributed by atoms with Crippen molar-refractivity contribution >= 4 is 0 Å². The first kappa shape index (κ1) is 13.8. The van der Waals surface area contributed by atoms with E-state index in [4.69, 9.17) is 14.2 Å². The molecule has 122 valence electrons. The van der Waals surface area contributed by atoms with Gasteiger partial charge in [0.05, 0.1) is 17.6 Å². The quantitative estimate of drug-likeness (QED) is 0.742. The molecule has 0 aromatic heterocycles. The molecule has 3 heterocycles. The number of benzene rings is 1. The van der Waals surface area contributed by atoms with Crippen LogP contribution < -0.4 is 9.47 Å². The zero-order valence-electron chi connectivity index (χ0n) is 12.8. The van der Waals surface area contributed by atoms with Gasteiger partial charge >= 0.3 is 0 Å². The van der Waals surface area contributed by atoms with Gasteiger partial charge in [-0.05, 0) is 24.1 Å². The average molecular weight is 317 g/mol. The second-order valence-corrected chi connectivity index (χ2v) is 6.70. The van der Waals surface area contributed by atoms with Crippen LogP contribution in [0.5, 0.6) is 11.5 Å². The number of hydrogen-bond donors (Lipinski definition) is 2. The molecule has 4 aliphatic rings. The zero-order chi connectivity index (χ0) is 15.8. The van der Waals surface area contributed by atoms with Crippen LogP contribution in [0.25, 0.3) is 0 Å². The summed E-state index contributed by atoms with van der Waals surface area (Å²) in [5, 5.41) is 21.7. The summed E-state index contributed by atoms with van der Waals surface area (Å²) < 4.78 is 16.4. The average Bonchev–Trinajstić information content (AvgIpc) is 3.12. The molecule has 0 spiro atoms. The Morgan fingerprint density at radius 2 is 2.04 bits per heavy atom. The molecule has 6 atom stereocenters. The van der Waals surface area contributed by atoms with E-state index in [9.17, 15) is 10.2 Å². The smallest absolute Gasteiger partial charge is 0.231 e. The third kappa shape index (κ3) is 1.57. The van der Waals surface area contributed by atoms with E-state index in [0.29, 0.717) is 18.0 Å². The van der Waals surface area contributed by atoms with Crippen molar-refractivity contribution in [2.75, 3.05) is 20.4 Å². The van der Waals surface area contributed by atoms with Crippen LogP contribution in [0.2, 0.25) is 0 Å². The molecule has 1 aliphatic carbocycles. The highest BCUT2D eigenvalue weighted by molar-refractivity contribution is 5.57. The second kappa shape index (κ2) is 4.48. The maximum Gasteiger partial charge on any atom is 0.231 e. The summed E-state index contributed by atoms with van der Waals surface area (Å²) in [6, 6.07) is 3.79. The summed E-state index contributed by atoms with van der Waals surface area (Å²) in [5.41, 5.74) is 1.21. The largest absolute Gasteiger partial charge is 0.454 e. The Kier molecular flexibility index (Phi) is 2.69. The topological polar surface area (TPSA) is 71.4 Å². The molecule has 1 saturated heterocycles. The normalized spacial score (nSPS) is 42.5. The van der Waals surface area contributed by atoms with E-state index < -0.39 is 17.7 Å². The Hall–Kier alpha value is -1.60. The molecular formula is C17H19NO5. The van der Waals surface area contributed by atoms with Crippen molar-refractivity contribution in [3.63, 3.8) is 0 Å². The van der Waals surface area contributed by atoms with Gasteiger partial charge in [0, 0.05) is 25.3 Å². The van der Waals surface area contributed by atoms with Gasteiger partial charge in [0.25, 0.3) is 0 Å². The van der Waals surface area contributed by atoms with Crippen molar-refractivity contribution in [1.29, 1.82) is 0 Å². The monoisotopic (exact) mass is 317 g/mol. The second-order valence-electron chi connectivity index (χ2n) is 6.70. The molecule has 3 aliphatic heterocycles. The first-order chi connectivity index (χ1) is 11.1. The van der Waals surface area contributed by atoms with E-state index in [0.717, 1.165) is 17.5 Å². The van der Waals surface area contributed by atoms with E-state index in [2.05, 4.69) is 6.08 Å². The van der Waals surface area contributed by atoms with E-state index in [1.165, 1.54) is 0 Å². The lowest BCUT2D eigenvalue weighted by Gasteiger charge is -2.48. The predicted octanol–water partition coefficient (Wildman–Crippen LogP) is 0.678. The summed E-state index contributed by atoms with van der Waals surface area (Å²) in [6.07, 6.45) is 3.51. The van der Waals surface area contributed by atoms with Crippen LogP contribution in [0.1, 0.15) is 23.8 Å². The fraction of sp³-hybridized carbons (Fsp3) is 0.529. The molecule has 2 N–H and O–H groups in total. The van der Waals surface area contributed by atoms with Gasteiger partial charge in [-0.3, -0.25) is 4.90 Å². The van der Waals surface area contributed by atoms with Crippen LogP contribution in [0.4, 0.5) is 0 Å². The van der Waals surface area contributed by atoms with Crippen LogP contribution in [-0.4, -0.2) is 53.8 Å². The molecular weight excluding hydrogens is 298 g/mol. The SMILES string of the molecule is CO[C@@H]1C=C[C@@]23c4cc5c(cc4C(O)N(C[C@H]2O)[C@H]3C1)OCO5. The van der Waals surface area contributed by atoms with Crippen molar-refractivity contribution in [2.45, 2.75) is 36.3 Å². The number of rotatable bonds is 1. The summed E-state index contributed by atoms with van der Waals surface area (Å²) in [7, 11) is 1.69. The highest BCUT2D eigenvalue weighted by atomic mass is 16.7. The molecule has 23 heavy (non-hydrogen) atoms. The highest BCUT2D eigenvalue weighted by Crippen LogP contribution is 2.56. The van der Waals surface area contributed by atoms with Crippen LogP contribution >= 0.6 is 0 Å². The molecule has 1 aromatic carbocycles. The Bertz CT molecular complexity index is 704. The lowest BCUT2D eigenvalue weighted by molar-refractivity contribution is -0.0399. The zero-order valence-corrected chi connectivity index (χ0v) is 12.8. The number of aliphatic hydroxyl groups excluding tert-OH is 2. The molecule has 0 saturated carbocycles. The predicted molar refractivity (Wildman–Crippen MR) is 80.3 cm³/mol. The molecule has 0 radical (unpaired) electrons. The lowest BCUT2D eigenvalue weighted by atomic mass is 9.65. The summed E-state index contributed by atoms with van der Waals surface area (Å²) in [4.78, 5) is 1.98. The van der Waals surface area contributed by atoms with Crippen LogP contribution in [0.3, 0.4) is 0 Å².